The van der Waals surface area contributed by atoms with Gasteiger partial charge in [0.1, 0.15) is 0 Å². The zero-order valence-corrected chi connectivity index (χ0v) is 10.8. The third kappa shape index (κ3) is 6.17. The van der Waals surface area contributed by atoms with Gasteiger partial charge in [0.05, 0.1) is 4.87 Å². The Hall–Kier alpha value is 0.625. The van der Waals surface area contributed by atoms with Crippen LogP contribution in [0.5, 0.6) is 0 Å². The van der Waals surface area contributed by atoms with Crippen molar-refractivity contribution in [1.82, 2.24) is 0 Å². The molecule has 6 heteroatoms. The number of alkyl halides is 1. The van der Waals surface area contributed by atoms with Gasteiger partial charge in [0.15, 0.2) is 0 Å². The van der Waals surface area contributed by atoms with E-state index >= 15 is 0 Å². The molecule has 0 spiro atoms. The van der Waals surface area contributed by atoms with Gasteiger partial charge in [-0.05, 0) is 19.2 Å². The molecule has 0 fully saturated rings. The van der Waals surface area contributed by atoms with Crippen LogP contribution in [0.25, 0.3) is 0 Å². The summed E-state index contributed by atoms with van der Waals surface area (Å²) in [5.41, 5.74) is 0. The number of hydrogen-bond acceptors (Lipinski definition) is 0. The van der Waals surface area contributed by atoms with Gasteiger partial charge in [-0.25, -0.2) is 0 Å². The monoisotopic (exact) mass is 232 g/mol. The molecule has 0 saturated carbocycles. The van der Waals surface area contributed by atoms with E-state index in [2.05, 4.69) is 0 Å². The van der Waals surface area contributed by atoms with Crippen molar-refractivity contribution >= 4 is 18.9 Å². The van der Waals surface area contributed by atoms with E-state index in [9.17, 15) is 8.63 Å². The van der Waals surface area contributed by atoms with Crippen LogP contribution in [0.2, 0.25) is 6.32 Å². The minimum atomic E-state index is -2.25. The predicted octanol–water partition coefficient (Wildman–Crippen LogP) is -2.69. The van der Waals surface area contributed by atoms with Crippen LogP contribution in [-0.4, -0.2) is 12.1 Å². The van der Waals surface area contributed by atoms with Crippen LogP contribution in [0.15, 0.2) is 24.3 Å². The molecule has 0 bridgehead atoms. The van der Waals surface area contributed by atoms with Gasteiger partial charge in [-0.2, -0.15) is 0 Å². The first kappa shape index (κ1) is 17.0. The van der Waals surface area contributed by atoms with Crippen LogP contribution in [0.4, 0.5) is 8.63 Å². The van der Waals surface area contributed by atoms with E-state index in [0.717, 1.165) is 0 Å². The van der Waals surface area contributed by atoms with Crippen LogP contribution >= 0.6 is 11.6 Å². The number of hydrogen-bond donors (Lipinski definition) is 0. The van der Waals surface area contributed by atoms with E-state index < -0.39 is 12.1 Å². The third-order valence-electron chi connectivity index (χ3n) is 1.88. The topological polar surface area (TPSA) is 0 Å². The van der Waals surface area contributed by atoms with Gasteiger partial charge in [-0.15, -0.1) is 11.6 Å². The molecule has 0 aromatic carbocycles. The fraction of sp³-hybridized carbons (Fsp3) is 0.500. The second-order valence-corrected chi connectivity index (χ2v) is 3.71. The van der Waals surface area contributed by atoms with E-state index in [1.54, 1.807) is 6.08 Å². The maximum absolute atomic E-state index is 11.9. The molecule has 0 amide bonds. The molecule has 0 radical (unpaired) electrons. The molecular formula is C8H10BClF3Na. The molecule has 1 atom stereocenters. The van der Waals surface area contributed by atoms with Crippen molar-refractivity contribution in [2.45, 2.75) is 24.0 Å². The minimum absolute atomic E-state index is 0. The summed E-state index contributed by atoms with van der Waals surface area (Å²) in [7, 11) is -2.25. The molecule has 74 valence electrons. The number of rotatable bonds is 3. The summed E-state index contributed by atoms with van der Waals surface area (Å²) in [6.45, 7) is 0. The summed E-state index contributed by atoms with van der Waals surface area (Å²) >= 11 is 6.05. The Morgan fingerprint density at radius 1 is 1.36 bits per heavy atom. The van der Waals surface area contributed by atoms with Crippen molar-refractivity contribution in [3.05, 3.63) is 24.3 Å². The van der Waals surface area contributed by atoms with Crippen LogP contribution in [0.3, 0.4) is 0 Å². The molecule has 0 saturated heterocycles. The molecule has 0 nitrogen and oxygen atoms in total. The van der Waals surface area contributed by atoms with Crippen LogP contribution in [0, 0.1) is 0 Å². The molecule has 0 aliphatic heterocycles. The molecule has 1 aliphatic carbocycles. The summed E-state index contributed by atoms with van der Waals surface area (Å²) in [5, 5.41) is 0. The van der Waals surface area contributed by atoms with Crippen molar-refractivity contribution < 1.29 is 42.9 Å². The Balaban J connectivity index is 0. The fourth-order valence-electron chi connectivity index (χ4n) is 1.17. The summed E-state index contributed by atoms with van der Waals surface area (Å²) in [5.74, 6) is 0. The minimum Gasteiger partial charge on any atom is -1.00 e. The summed E-state index contributed by atoms with van der Waals surface area (Å²) in [6.07, 6.45) is 8.24. The normalized spacial score (nSPS) is 23.6. The van der Waals surface area contributed by atoms with Crippen LogP contribution in [0.1, 0.15) is 12.8 Å². The summed E-state index contributed by atoms with van der Waals surface area (Å²) in [6, 6.07) is 0. The summed E-state index contributed by atoms with van der Waals surface area (Å²) < 4.78 is 23.7. The number of halogens is 4. The van der Waals surface area contributed by atoms with Gasteiger partial charge in [-0.3, -0.25) is 8.63 Å². The van der Waals surface area contributed by atoms with Crippen LogP contribution < -0.4 is 34.3 Å². The maximum Gasteiger partial charge on any atom is 1.00 e. The van der Waals surface area contributed by atoms with E-state index in [1.807, 2.05) is 18.2 Å². The van der Waals surface area contributed by atoms with Crippen molar-refractivity contribution in [2.75, 3.05) is 0 Å². The molecule has 1 rings (SSSR count). The van der Waals surface area contributed by atoms with Crippen LogP contribution in [-0.2, 0) is 0 Å². The first-order valence-corrected chi connectivity index (χ1v) is 4.32. The largest absolute Gasteiger partial charge is 1.00 e. The average Bonchev–Trinajstić information content (AvgIpc) is 2.03. The van der Waals surface area contributed by atoms with E-state index in [0.29, 0.717) is 12.8 Å². The quantitative estimate of drug-likeness (QED) is 0.367. The maximum atomic E-state index is 11.9. The Labute approximate surface area is 110 Å². The van der Waals surface area contributed by atoms with Gasteiger partial charge >= 0.3 is 36.8 Å². The van der Waals surface area contributed by atoms with Crippen molar-refractivity contribution in [2.24, 2.45) is 0 Å². The standard InChI is InChI=1S/C8H10BClF2.FH.Na/c10-8(6-7-9(11)12)4-2-1-3-5-8;;/h1-4H,5-7H2;1H;/q;;+1/p-1. The van der Waals surface area contributed by atoms with Crippen molar-refractivity contribution in [1.29, 1.82) is 0 Å². The second kappa shape index (κ2) is 7.86. The molecule has 1 unspecified atom stereocenters. The Morgan fingerprint density at radius 2 is 2.00 bits per heavy atom. The van der Waals surface area contributed by atoms with Gasteiger partial charge in [0.25, 0.3) is 0 Å². The van der Waals surface area contributed by atoms with Gasteiger partial charge in [0, 0.05) is 0 Å². The predicted molar refractivity (Wildman–Crippen MR) is 48.9 cm³/mol. The molecule has 0 aromatic heterocycles. The molecule has 0 N–H and O–H groups in total. The Morgan fingerprint density at radius 3 is 2.43 bits per heavy atom. The van der Waals surface area contributed by atoms with Gasteiger partial charge in [0.2, 0.25) is 0 Å². The molecule has 14 heavy (non-hydrogen) atoms. The van der Waals surface area contributed by atoms with E-state index in [-0.39, 0.29) is 40.6 Å². The van der Waals surface area contributed by atoms with Crippen molar-refractivity contribution in [3.8, 4) is 0 Å². The second-order valence-electron chi connectivity index (χ2n) is 2.96. The first-order valence-electron chi connectivity index (χ1n) is 3.94. The average molecular weight is 232 g/mol. The molecule has 1 aliphatic rings. The summed E-state index contributed by atoms with van der Waals surface area (Å²) in [4.78, 5) is -0.564. The Bertz CT molecular complexity index is 211. The van der Waals surface area contributed by atoms with Crippen molar-refractivity contribution in [3.63, 3.8) is 0 Å². The number of allylic oxidation sites excluding steroid dienone is 4. The Kier molecular flexibility index (Phi) is 9.56. The molecule has 0 heterocycles. The van der Waals surface area contributed by atoms with Gasteiger partial charge < -0.3 is 4.70 Å². The fourth-order valence-corrected chi connectivity index (χ4v) is 1.44. The molecular weight excluding hydrogens is 222 g/mol. The molecule has 0 aromatic rings. The first-order chi connectivity index (χ1) is 5.62. The zero-order chi connectivity index (χ0) is 9.03. The SMILES string of the molecule is FB(F)CCC1(Cl)C=CC=CC1.[F-].[Na+]. The smallest absolute Gasteiger partial charge is 1.00 e. The zero-order valence-electron chi connectivity index (χ0n) is 8.02. The van der Waals surface area contributed by atoms with E-state index in [4.69, 9.17) is 11.6 Å². The third-order valence-corrected chi connectivity index (χ3v) is 2.35. The van der Waals surface area contributed by atoms with E-state index in [1.165, 1.54) is 0 Å². The van der Waals surface area contributed by atoms with Gasteiger partial charge in [-0.1, -0.05) is 24.3 Å².